The summed E-state index contributed by atoms with van der Waals surface area (Å²) in [6.45, 7) is 0.393. The van der Waals surface area contributed by atoms with Crippen LogP contribution in [0.25, 0.3) is 0 Å². The molecular weight excluding hydrogens is 573 g/mol. The van der Waals surface area contributed by atoms with Gasteiger partial charge in [0.05, 0.1) is 11.5 Å². The van der Waals surface area contributed by atoms with E-state index in [0.717, 1.165) is 29.3 Å². The molecule has 4 aromatic rings. The molecule has 3 aromatic carbocycles. The number of halogens is 1. The van der Waals surface area contributed by atoms with Crippen molar-refractivity contribution < 1.29 is 28.7 Å². The predicted molar refractivity (Wildman–Crippen MR) is 157 cm³/mol. The second-order valence-corrected chi connectivity index (χ2v) is 11.2. The van der Waals surface area contributed by atoms with E-state index in [2.05, 4.69) is 20.9 Å². The number of aromatic hydroxyl groups is 1. The van der Waals surface area contributed by atoms with Gasteiger partial charge < -0.3 is 15.3 Å². The zero-order valence-corrected chi connectivity index (χ0v) is 23.5. The van der Waals surface area contributed by atoms with Gasteiger partial charge in [0.15, 0.2) is 5.13 Å². The molecule has 43 heavy (non-hydrogen) atoms. The monoisotopic (exact) mass is 599 g/mol. The molecule has 2 unspecified atom stereocenters. The average Bonchev–Trinajstić information content (AvgIpc) is 3.62. The van der Waals surface area contributed by atoms with Gasteiger partial charge in [0.2, 0.25) is 11.8 Å². The first-order valence-corrected chi connectivity index (χ1v) is 14.4. The molecule has 0 aliphatic carbocycles. The molecule has 12 heteroatoms. The molecule has 6 rings (SSSR count). The molecule has 1 saturated heterocycles. The summed E-state index contributed by atoms with van der Waals surface area (Å²) in [5.74, 6) is -3.09. The maximum atomic E-state index is 14.3. The van der Waals surface area contributed by atoms with Gasteiger partial charge in [-0.25, -0.2) is 9.37 Å². The van der Waals surface area contributed by atoms with E-state index < -0.39 is 29.6 Å². The Kier molecular flexibility index (Phi) is 7.59. The van der Waals surface area contributed by atoms with Gasteiger partial charge in [-0.1, -0.05) is 36.4 Å². The normalized spacial score (nSPS) is 16.9. The molecular formula is C31H26FN5O5S. The quantitative estimate of drug-likeness (QED) is 0.219. The number of amides is 4. The second-order valence-electron chi connectivity index (χ2n) is 10.3. The van der Waals surface area contributed by atoms with Crippen molar-refractivity contribution in [1.29, 1.82) is 0 Å². The maximum Gasteiger partial charge on any atom is 0.257 e. The first-order chi connectivity index (χ1) is 20.8. The zero-order valence-electron chi connectivity index (χ0n) is 22.7. The van der Waals surface area contributed by atoms with Crippen LogP contribution < -0.4 is 16.0 Å². The van der Waals surface area contributed by atoms with Crippen LogP contribution in [-0.4, -0.2) is 38.6 Å². The van der Waals surface area contributed by atoms with Gasteiger partial charge in [-0.2, -0.15) is 0 Å². The van der Waals surface area contributed by atoms with Crippen LogP contribution in [0.1, 0.15) is 57.4 Å². The largest absolute Gasteiger partial charge is 0.508 e. The standard InChI is InChI=1S/C31H26FN5O5S/c32-20-7-9-24(38)22(14-20)27(29(41)36-31-33-11-12-43-31)37-16-19-5-2-6-23(26(19)30(37)42)34-15-17-3-1-4-18(13-17)21-8-10-25(39)35-28(21)40/h1-7,9,11-14,21,27,34,38H,8,10,15-16H2,(H,33,36,41)(H,35,39,40). The fraction of sp³-hybridized carbons (Fsp3) is 0.194. The summed E-state index contributed by atoms with van der Waals surface area (Å²) in [6.07, 6.45) is 2.24. The van der Waals surface area contributed by atoms with E-state index >= 15 is 0 Å². The molecule has 0 saturated carbocycles. The Hall–Kier alpha value is -5.10. The highest BCUT2D eigenvalue weighted by Gasteiger charge is 2.40. The molecule has 2 aliphatic rings. The third kappa shape index (κ3) is 5.69. The first kappa shape index (κ1) is 28.0. The lowest BCUT2D eigenvalue weighted by Crippen LogP contribution is -2.39. The van der Waals surface area contributed by atoms with E-state index in [0.29, 0.717) is 34.9 Å². The summed E-state index contributed by atoms with van der Waals surface area (Å²) in [7, 11) is 0. The van der Waals surface area contributed by atoms with Gasteiger partial charge in [-0.05, 0) is 47.4 Å². The third-order valence-electron chi connectivity index (χ3n) is 7.55. The van der Waals surface area contributed by atoms with E-state index in [4.69, 9.17) is 0 Å². The predicted octanol–water partition coefficient (Wildman–Crippen LogP) is 4.46. The van der Waals surface area contributed by atoms with Gasteiger partial charge in [0, 0.05) is 42.3 Å². The van der Waals surface area contributed by atoms with Crippen molar-refractivity contribution in [3.8, 4) is 5.75 Å². The number of aromatic nitrogens is 1. The van der Waals surface area contributed by atoms with Crippen LogP contribution in [0.5, 0.6) is 5.75 Å². The lowest BCUT2D eigenvalue weighted by molar-refractivity contribution is -0.134. The fourth-order valence-corrected chi connectivity index (χ4v) is 6.05. The van der Waals surface area contributed by atoms with Crippen molar-refractivity contribution in [2.24, 2.45) is 0 Å². The summed E-state index contributed by atoms with van der Waals surface area (Å²) < 4.78 is 14.3. The minimum absolute atomic E-state index is 0.0463. The van der Waals surface area contributed by atoms with Crippen molar-refractivity contribution >= 4 is 45.8 Å². The van der Waals surface area contributed by atoms with Crippen LogP contribution in [0.2, 0.25) is 0 Å². The fourth-order valence-electron chi connectivity index (χ4n) is 5.52. The van der Waals surface area contributed by atoms with Crippen LogP contribution in [-0.2, 0) is 27.5 Å². The number of anilines is 2. The summed E-state index contributed by atoms with van der Waals surface area (Å²) in [4.78, 5) is 56.7. The van der Waals surface area contributed by atoms with Crippen LogP contribution in [0.3, 0.4) is 0 Å². The lowest BCUT2D eigenvalue weighted by Gasteiger charge is -2.27. The molecule has 4 N–H and O–H groups in total. The summed E-state index contributed by atoms with van der Waals surface area (Å²) in [5, 5.41) is 20.9. The Morgan fingerprint density at radius 1 is 1.14 bits per heavy atom. The number of fused-ring (bicyclic) bond motifs is 1. The number of rotatable bonds is 8. The molecule has 2 atom stereocenters. The number of piperidine rings is 1. The Balaban J connectivity index is 1.25. The topological polar surface area (TPSA) is 141 Å². The summed E-state index contributed by atoms with van der Waals surface area (Å²) in [6, 6.07) is 14.8. The molecule has 218 valence electrons. The van der Waals surface area contributed by atoms with Crippen molar-refractivity contribution in [3.63, 3.8) is 0 Å². The maximum absolute atomic E-state index is 14.3. The number of hydrogen-bond donors (Lipinski definition) is 4. The number of nitrogens with zero attached hydrogens (tertiary/aromatic N) is 2. The van der Waals surface area contributed by atoms with Crippen molar-refractivity contribution in [2.75, 3.05) is 10.6 Å². The summed E-state index contributed by atoms with van der Waals surface area (Å²) in [5.41, 5.74) is 3.19. The smallest absolute Gasteiger partial charge is 0.257 e. The Labute approximate surface area is 249 Å². The van der Waals surface area contributed by atoms with Gasteiger partial charge >= 0.3 is 0 Å². The molecule has 0 bridgehead atoms. The SMILES string of the molecule is O=C1CCC(c2cccc(CNc3cccc4c3C(=O)N(C(C(=O)Nc3nccs3)c3cc(F)ccc3O)C4)c2)C(=O)N1. The number of thiazole rings is 1. The lowest BCUT2D eigenvalue weighted by atomic mass is 9.89. The molecule has 0 radical (unpaired) electrons. The van der Waals surface area contributed by atoms with Crippen LogP contribution in [0, 0.1) is 5.82 Å². The number of imide groups is 1. The van der Waals surface area contributed by atoms with Gasteiger partial charge in [0.25, 0.3) is 11.8 Å². The number of phenolic OH excluding ortho intramolecular Hbond substituents is 1. The van der Waals surface area contributed by atoms with Crippen LogP contribution in [0.15, 0.2) is 72.2 Å². The molecule has 3 heterocycles. The van der Waals surface area contributed by atoms with E-state index in [1.807, 2.05) is 24.3 Å². The molecule has 1 aromatic heterocycles. The molecule has 1 fully saturated rings. The van der Waals surface area contributed by atoms with Gasteiger partial charge in [-0.15, -0.1) is 11.3 Å². The number of carbonyl (C=O) groups is 4. The van der Waals surface area contributed by atoms with E-state index in [1.165, 1.54) is 22.4 Å². The van der Waals surface area contributed by atoms with Crippen molar-refractivity contribution in [2.45, 2.75) is 37.9 Å². The van der Waals surface area contributed by atoms with Gasteiger partial charge in [0.1, 0.15) is 17.6 Å². The minimum Gasteiger partial charge on any atom is -0.508 e. The Morgan fingerprint density at radius 2 is 1.98 bits per heavy atom. The second kappa shape index (κ2) is 11.6. The number of phenols is 1. The van der Waals surface area contributed by atoms with E-state index in [1.54, 1.807) is 23.6 Å². The van der Waals surface area contributed by atoms with Crippen LogP contribution in [0.4, 0.5) is 15.2 Å². The molecule has 2 aliphatic heterocycles. The number of hydrogen-bond acceptors (Lipinski definition) is 8. The number of carbonyl (C=O) groups excluding carboxylic acids is 4. The highest BCUT2D eigenvalue weighted by Crippen LogP contribution is 2.39. The number of nitrogens with one attached hydrogen (secondary N) is 3. The highest BCUT2D eigenvalue weighted by molar-refractivity contribution is 7.13. The van der Waals surface area contributed by atoms with Crippen molar-refractivity contribution in [3.05, 3.63) is 106 Å². The molecule has 4 amide bonds. The Morgan fingerprint density at radius 3 is 2.77 bits per heavy atom. The third-order valence-corrected chi connectivity index (χ3v) is 8.24. The first-order valence-electron chi connectivity index (χ1n) is 13.6. The summed E-state index contributed by atoms with van der Waals surface area (Å²) >= 11 is 1.19. The van der Waals surface area contributed by atoms with Gasteiger partial charge in [-0.3, -0.25) is 29.8 Å². The van der Waals surface area contributed by atoms with E-state index in [9.17, 15) is 28.7 Å². The average molecular weight is 600 g/mol. The molecule has 10 nitrogen and oxygen atoms in total. The zero-order chi connectivity index (χ0) is 30.1. The van der Waals surface area contributed by atoms with E-state index in [-0.39, 0.29) is 36.1 Å². The van der Waals surface area contributed by atoms with Crippen LogP contribution >= 0.6 is 11.3 Å². The Bertz CT molecular complexity index is 1740. The number of benzene rings is 3. The minimum atomic E-state index is -1.34. The highest BCUT2D eigenvalue weighted by atomic mass is 32.1. The van der Waals surface area contributed by atoms with Crippen molar-refractivity contribution in [1.82, 2.24) is 15.2 Å². The molecule has 0 spiro atoms.